The summed E-state index contributed by atoms with van der Waals surface area (Å²) in [5, 5.41) is 9.80. The van der Waals surface area contributed by atoms with Crippen LogP contribution in [0.2, 0.25) is 0 Å². The smallest absolute Gasteiger partial charge is 0.161 e. The van der Waals surface area contributed by atoms with E-state index in [1.807, 2.05) is 18.2 Å². The van der Waals surface area contributed by atoms with Gasteiger partial charge in [-0.05, 0) is 37.0 Å². The van der Waals surface area contributed by atoms with Gasteiger partial charge in [0.2, 0.25) is 0 Å². The van der Waals surface area contributed by atoms with Crippen molar-refractivity contribution in [2.75, 3.05) is 12.4 Å². The zero-order valence-electron chi connectivity index (χ0n) is 17.9. The molecule has 0 aliphatic rings. The normalized spacial score (nSPS) is 11.8. The monoisotopic (exact) mass is 451 g/mol. The van der Waals surface area contributed by atoms with Crippen LogP contribution >= 0.6 is 15.9 Å². The molecule has 3 nitrogen and oxygen atoms in total. The summed E-state index contributed by atoms with van der Waals surface area (Å²) in [5.41, 5.74) is 0.957. The Bertz CT molecular complexity index is 556. The Morgan fingerprint density at radius 2 is 1.57 bits per heavy atom. The second kappa shape index (κ2) is 16.7. The van der Waals surface area contributed by atoms with Crippen molar-refractivity contribution in [1.82, 2.24) is 0 Å². The van der Waals surface area contributed by atoms with Crippen LogP contribution in [0.4, 0.5) is 0 Å². The highest BCUT2D eigenvalue weighted by Gasteiger charge is 2.13. The number of nitrogens with zero attached hydrogens (tertiary/aromatic N) is 1. The van der Waals surface area contributed by atoms with Gasteiger partial charge < -0.3 is 9.47 Å². The minimum Gasteiger partial charge on any atom is -0.493 e. The van der Waals surface area contributed by atoms with Crippen LogP contribution in [0.3, 0.4) is 0 Å². The van der Waals surface area contributed by atoms with Crippen molar-refractivity contribution in [3.8, 4) is 17.6 Å². The van der Waals surface area contributed by atoms with E-state index in [1.165, 1.54) is 64.2 Å². The minimum atomic E-state index is 0.198. The van der Waals surface area contributed by atoms with Gasteiger partial charge in [0, 0.05) is 5.33 Å². The highest BCUT2D eigenvalue weighted by molar-refractivity contribution is 9.09. The van der Waals surface area contributed by atoms with E-state index in [4.69, 9.17) is 14.7 Å². The standard InChI is InChI=1S/C24H38BrNO2/c1-3-4-5-6-7-8-9-10-11-12-13-22(16-18-25)28-23-15-14-21(17-19-26)20-24(23)27-2/h14-15,20,22H,3-13,16-18H2,1-2H3. The first-order chi connectivity index (χ1) is 13.7. The molecule has 4 heteroatoms. The van der Waals surface area contributed by atoms with Gasteiger partial charge in [-0.2, -0.15) is 5.26 Å². The third-order valence-electron chi connectivity index (χ3n) is 5.12. The number of hydrogen-bond acceptors (Lipinski definition) is 3. The van der Waals surface area contributed by atoms with Gasteiger partial charge in [-0.15, -0.1) is 0 Å². The molecule has 0 bridgehead atoms. The number of hydrogen-bond donors (Lipinski definition) is 0. The molecule has 0 fully saturated rings. The van der Waals surface area contributed by atoms with Gasteiger partial charge in [0.1, 0.15) is 0 Å². The third-order valence-corrected chi connectivity index (χ3v) is 5.57. The highest BCUT2D eigenvalue weighted by Crippen LogP contribution is 2.30. The lowest BCUT2D eigenvalue weighted by Crippen LogP contribution is -2.17. The van der Waals surface area contributed by atoms with E-state index in [0.717, 1.165) is 35.2 Å². The van der Waals surface area contributed by atoms with Crippen molar-refractivity contribution in [2.45, 2.75) is 96.5 Å². The molecule has 158 valence electrons. The quantitative estimate of drug-likeness (QED) is 0.180. The predicted octanol–water partition coefficient (Wildman–Crippen LogP) is 7.60. The molecule has 0 spiro atoms. The average Bonchev–Trinajstić information content (AvgIpc) is 2.70. The first kappa shape index (κ1) is 24.8. The van der Waals surface area contributed by atoms with Crippen molar-refractivity contribution < 1.29 is 9.47 Å². The Morgan fingerprint density at radius 1 is 0.929 bits per heavy atom. The van der Waals surface area contributed by atoms with Gasteiger partial charge in [-0.1, -0.05) is 86.7 Å². The fourth-order valence-corrected chi connectivity index (χ4v) is 3.94. The summed E-state index contributed by atoms with van der Waals surface area (Å²) in [6, 6.07) is 7.97. The molecule has 1 aromatic rings. The largest absolute Gasteiger partial charge is 0.493 e. The maximum Gasteiger partial charge on any atom is 0.161 e. The average molecular weight is 452 g/mol. The van der Waals surface area contributed by atoms with Gasteiger partial charge in [0.05, 0.1) is 25.7 Å². The van der Waals surface area contributed by atoms with Crippen LogP contribution in [0.1, 0.15) is 89.5 Å². The summed E-state index contributed by atoms with van der Waals surface area (Å²) in [7, 11) is 1.65. The zero-order valence-corrected chi connectivity index (χ0v) is 19.4. The van der Waals surface area contributed by atoms with E-state index < -0.39 is 0 Å². The molecular weight excluding hydrogens is 414 g/mol. The predicted molar refractivity (Wildman–Crippen MR) is 122 cm³/mol. The number of nitriles is 1. The van der Waals surface area contributed by atoms with Gasteiger partial charge in [0.25, 0.3) is 0 Å². The van der Waals surface area contributed by atoms with E-state index >= 15 is 0 Å². The number of halogens is 1. The van der Waals surface area contributed by atoms with Crippen molar-refractivity contribution in [3.05, 3.63) is 23.8 Å². The van der Waals surface area contributed by atoms with Crippen LogP contribution in [0.25, 0.3) is 0 Å². The zero-order chi connectivity index (χ0) is 20.5. The molecule has 0 amide bonds. The Balaban J connectivity index is 2.32. The lowest BCUT2D eigenvalue weighted by atomic mass is 10.0. The first-order valence-corrected chi connectivity index (χ1v) is 12.1. The molecule has 28 heavy (non-hydrogen) atoms. The number of alkyl halides is 1. The van der Waals surface area contributed by atoms with Crippen molar-refractivity contribution in [1.29, 1.82) is 5.26 Å². The van der Waals surface area contributed by atoms with E-state index in [1.54, 1.807) is 7.11 Å². The van der Waals surface area contributed by atoms with Gasteiger partial charge in [-0.25, -0.2) is 0 Å². The van der Waals surface area contributed by atoms with E-state index in [0.29, 0.717) is 6.42 Å². The summed E-state index contributed by atoms with van der Waals surface area (Å²) in [4.78, 5) is 0. The molecule has 1 rings (SSSR count). The van der Waals surface area contributed by atoms with E-state index in [2.05, 4.69) is 28.9 Å². The van der Waals surface area contributed by atoms with Gasteiger partial charge in [0.15, 0.2) is 11.5 Å². The SMILES string of the molecule is CCCCCCCCCCCCC(CCBr)Oc1ccc(CC#N)cc1OC. The second-order valence-electron chi connectivity index (χ2n) is 7.51. The molecule has 0 N–H and O–H groups in total. The maximum atomic E-state index is 8.86. The Morgan fingerprint density at radius 3 is 2.14 bits per heavy atom. The first-order valence-electron chi connectivity index (χ1n) is 11.0. The number of unbranched alkanes of at least 4 members (excludes halogenated alkanes) is 9. The summed E-state index contributed by atoms with van der Waals surface area (Å²) in [6.45, 7) is 2.27. The summed E-state index contributed by atoms with van der Waals surface area (Å²) in [5.74, 6) is 1.50. The number of benzene rings is 1. The molecule has 0 radical (unpaired) electrons. The Hall–Kier alpha value is -1.21. The van der Waals surface area contributed by atoms with Crippen LogP contribution < -0.4 is 9.47 Å². The van der Waals surface area contributed by atoms with Crippen LogP contribution in [-0.4, -0.2) is 18.5 Å². The summed E-state index contributed by atoms with van der Waals surface area (Å²) < 4.78 is 11.7. The number of ether oxygens (including phenoxy) is 2. The van der Waals surface area contributed by atoms with Gasteiger partial charge >= 0.3 is 0 Å². The minimum absolute atomic E-state index is 0.198. The Kier molecular flexibility index (Phi) is 14.8. The molecule has 0 aromatic heterocycles. The van der Waals surface area contributed by atoms with Crippen LogP contribution in [0, 0.1) is 11.3 Å². The van der Waals surface area contributed by atoms with Crippen molar-refractivity contribution in [2.24, 2.45) is 0 Å². The lowest BCUT2D eigenvalue weighted by molar-refractivity contribution is 0.177. The van der Waals surface area contributed by atoms with Crippen molar-refractivity contribution >= 4 is 15.9 Å². The molecule has 0 saturated carbocycles. The summed E-state index contributed by atoms with van der Waals surface area (Å²) >= 11 is 3.55. The number of methoxy groups -OCH3 is 1. The van der Waals surface area contributed by atoms with Crippen LogP contribution in [-0.2, 0) is 6.42 Å². The lowest BCUT2D eigenvalue weighted by Gasteiger charge is -2.20. The molecular formula is C24H38BrNO2. The second-order valence-corrected chi connectivity index (χ2v) is 8.30. The Labute approximate surface area is 180 Å². The van der Waals surface area contributed by atoms with Crippen LogP contribution in [0.15, 0.2) is 18.2 Å². The molecule has 1 unspecified atom stereocenters. The molecule has 0 aliphatic heterocycles. The third kappa shape index (κ3) is 11.0. The molecule has 1 atom stereocenters. The molecule has 0 saturated heterocycles. The molecule has 0 heterocycles. The number of rotatable bonds is 17. The maximum absolute atomic E-state index is 8.86. The fourth-order valence-electron chi connectivity index (χ4n) is 3.43. The fraction of sp³-hybridized carbons (Fsp3) is 0.708. The van der Waals surface area contributed by atoms with Crippen molar-refractivity contribution in [3.63, 3.8) is 0 Å². The summed E-state index contributed by atoms with van der Waals surface area (Å²) in [6.07, 6.45) is 16.2. The van der Waals surface area contributed by atoms with Gasteiger partial charge in [-0.3, -0.25) is 0 Å². The molecule has 1 aromatic carbocycles. The van der Waals surface area contributed by atoms with Crippen LogP contribution in [0.5, 0.6) is 11.5 Å². The highest BCUT2D eigenvalue weighted by atomic mass is 79.9. The molecule has 0 aliphatic carbocycles. The van der Waals surface area contributed by atoms with E-state index in [-0.39, 0.29) is 6.10 Å². The topological polar surface area (TPSA) is 42.2 Å². The van der Waals surface area contributed by atoms with E-state index in [9.17, 15) is 0 Å².